The topological polar surface area (TPSA) is 83.5 Å². The minimum atomic E-state index is -3.82. The molecule has 1 fully saturated rings. The summed E-state index contributed by atoms with van der Waals surface area (Å²) in [6.07, 6.45) is 1.72. The number of hydrogen-bond donors (Lipinski definition) is 1. The van der Waals surface area contributed by atoms with Crippen molar-refractivity contribution in [1.82, 2.24) is 4.31 Å². The molecule has 0 bridgehead atoms. The fourth-order valence-corrected chi connectivity index (χ4v) is 6.13. The van der Waals surface area contributed by atoms with Gasteiger partial charge in [0.1, 0.15) is 0 Å². The number of hydrogen-bond acceptors (Lipinski definition) is 4. The Morgan fingerprint density at radius 2 is 1.52 bits per heavy atom. The minimum Gasteiger partial charge on any atom is -0.280 e. The Labute approximate surface area is 165 Å². The predicted molar refractivity (Wildman–Crippen MR) is 106 cm³/mol. The van der Waals surface area contributed by atoms with Crippen molar-refractivity contribution in [1.29, 1.82) is 0 Å². The van der Waals surface area contributed by atoms with Gasteiger partial charge in [-0.1, -0.05) is 11.6 Å². The molecule has 1 aliphatic rings. The fraction of sp³-hybridized carbons (Fsp3) is 0.333. The van der Waals surface area contributed by atoms with E-state index in [1.54, 1.807) is 19.9 Å². The number of sulfonamides is 2. The number of aryl methyl sites for hydroxylation is 2. The van der Waals surface area contributed by atoms with E-state index in [-0.39, 0.29) is 9.79 Å². The van der Waals surface area contributed by atoms with Gasteiger partial charge in [0.15, 0.2) is 0 Å². The van der Waals surface area contributed by atoms with Crippen LogP contribution in [0.25, 0.3) is 0 Å². The molecule has 0 aliphatic carbocycles. The van der Waals surface area contributed by atoms with Crippen molar-refractivity contribution >= 4 is 37.3 Å². The van der Waals surface area contributed by atoms with Gasteiger partial charge in [0.05, 0.1) is 9.79 Å². The van der Waals surface area contributed by atoms with Crippen LogP contribution in [-0.4, -0.2) is 34.2 Å². The molecule has 2 aromatic rings. The lowest BCUT2D eigenvalue weighted by atomic mass is 10.2. The molecular formula is C18H21ClN2O4S2. The molecule has 0 aromatic heterocycles. The molecule has 1 heterocycles. The Bertz CT molecular complexity index is 1060. The molecule has 0 amide bonds. The lowest BCUT2D eigenvalue weighted by Gasteiger charge is -2.16. The normalized spacial score (nSPS) is 15.8. The molecule has 0 saturated carbocycles. The maximum absolute atomic E-state index is 12.7. The van der Waals surface area contributed by atoms with E-state index in [1.165, 1.54) is 34.6 Å². The van der Waals surface area contributed by atoms with Crippen molar-refractivity contribution in [3.8, 4) is 0 Å². The van der Waals surface area contributed by atoms with Gasteiger partial charge in [0.2, 0.25) is 10.0 Å². The number of rotatable bonds is 5. The SMILES string of the molecule is Cc1cc(S(=O)(=O)Nc2ccc(S(=O)(=O)N3CCCC3)cc2)c(C)cc1Cl. The highest BCUT2D eigenvalue weighted by Crippen LogP contribution is 2.27. The second-order valence-electron chi connectivity index (χ2n) is 6.61. The molecule has 3 rings (SSSR count). The number of anilines is 1. The van der Waals surface area contributed by atoms with Crippen molar-refractivity contribution in [2.24, 2.45) is 0 Å². The van der Waals surface area contributed by atoms with Gasteiger partial charge < -0.3 is 0 Å². The Kier molecular flexibility index (Phi) is 5.54. The molecule has 27 heavy (non-hydrogen) atoms. The van der Waals surface area contributed by atoms with Crippen molar-refractivity contribution in [2.75, 3.05) is 17.8 Å². The Morgan fingerprint density at radius 3 is 2.11 bits per heavy atom. The summed E-state index contributed by atoms with van der Waals surface area (Å²) < 4.78 is 54.4. The first-order valence-corrected chi connectivity index (χ1v) is 11.8. The van der Waals surface area contributed by atoms with E-state index in [9.17, 15) is 16.8 Å². The summed E-state index contributed by atoms with van der Waals surface area (Å²) in [6.45, 7) is 4.45. The second kappa shape index (κ2) is 7.43. The molecule has 0 radical (unpaired) electrons. The monoisotopic (exact) mass is 428 g/mol. The van der Waals surface area contributed by atoms with Gasteiger partial charge in [-0.15, -0.1) is 0 Å². The largest absolute Gasteiger partial charge is 0.280 e. The smallest absolute Gasteiger partial charge is 0.262 e. The van der Waals surface area contributed by atoms with Crippen LogP contribution in [0.4, 0.5) is 5.69 Å². The van der Waals surface area contributed by atoms with Crippen LogP contribution in [0.2, 0.25) is 5.02 Å². The van der Waals surface area contributed by atoms with Crippen molar-refractivity contribution in [3.63, 3.8) is 0 Å². The molecule has 0 spiro atoms. The van der Waals surface area contributed by atoms with Gasteiger partial charge in [-0.3, -0.25) is 4.72 Å². The summed E-state index contributed by atoms with van der Waals surface area (Å²) in [4.78, 5) is 0.295. The summed E-state index contributed by atoms with van der Waals surface area (Å²) in [5.41, 5.74) is 1.49. The molecule has 6 nitrogen and oxygen atoms in total. The van der Waals surface area contributed by atoms with E-state index in [0.29, 0.717) is 34.9 Å². The maximum Gasteiger partial charge on any atom is 0.262 e. The van der Waals surface area contributed by atoms with Gasteiger partial charge in [-0.2, -0.15) is 4.31 Å². The third kappa shape index (κ3) is 4.13. The van der Waals surface area contributed by atoms with Crippen LogP contribution in [0.1, 0.15) is 24.0 Å². The zero-order chi connectivity index (χ0) is 19.8. The quantitative estimate of drug-likeness (QED) is 0.789. The van der Waals surface area contributed by atoms with Crippen LogP contribution >= 0.6 is 11.6 Å². The first-order valence-electron chi connectivity index (χ1n) is 8.51. The van der Waals surface area contributed by atoms with Gasteiger partial charge in [-0.05, 0) is 74.2 Å². The number of nitrogens with one attached hydrogen (secondary N) is 1. The molecule has 2 aromatic carbocycles. The Balaban J connectivity index is 1.85. The van der Waals surface area contributed by atoms with Gasteiger partial charge >= 0.3 is 0 Å². The van der Waals surface area contributed by atoms with E-state index >= 15 is 0 Å². The number of nitrogens with zero attached hydrogens (tertiary/aromatic N) is 1. The van der Waals surface area contributed by atoms with E-state index in [4.69, 9.17) is 11.6 Å². The second-order valence-corrected chi connectivity index (χ2v) is 10.6. The fourth-order valence-electron chi connectivity index (χ4n) is 3.03. The van der Waals surface area contributed by atoms with E-state index < -0.39 is 20.0 Å². The van der Waals surface area contributed by atoms with Crippen molar-refractivity contribution in [2.45, 2.75) is 36.5 Å². The summed E-state index contributed by atoms with van der Waals surface area (Å²) >= 11 is 6.03. The lowest BCUT2D eigenvalue weighted by molar-refractivity contribution is 0.477. The molecule has 1 aliphatic heterocycles. The van der Waals surface area contributed by atoms with Gasteiger partial charge in [0, 0.05) is 23.8 Å². The first kappa shape index (κ1) is 20.1. The minimum absolute atomic E-state index is 0.137. The maximum atomic E-state index is 12.7. The van der Waals surface area contributed by atoms with Crippen LogP contribution in [0.5, 0.6) is 0 Å². The highest BCUT2D eigenvalue weighted by molar-refractivity contribution is 7.92. The van der Waals surface area contributed by atoms with Crippen molar-refractivity contribution in [3.05, 3.63) is 52.5 Å². The molecule has 0 atom stereocenters. The lowest BCUT2D eigenvalue weighted by Crippen LogP contribution is -2.27. The summed E-state index contributed by atoms with van der Waals surface area (Å²) in [7, 11) is -7.34. The number of halogens is 1. The molecule has 146 valence electrons. The summed E-state index contributed by atoms with van der Waals surface area (Å²) in [5.74, 6) is 0. The predicted octanol–water partition coefficient (Wildman–Crippen LogP) is 3.54. The molecule has 1 N–H and O–H groups in total. The van der Waals surface area contributed by atoms with Crippen LogP contribution in [0.3, 0.4) is 0 Å². The third-order valence-corrected chi connectivity index (χ3v) is 8.40. The van der Waals surface area contributed by atoms with E-state index in [2.05, 4.69) is 4.72 Å². The highest BCUT2D eigenvalue weighted by atomic mass is 35.5. The molecular weight excluding hydrogens is 408 g/mol. The molecule has 1 saturated heterocycles. The molecule has 0 unspecified atom stereocenters. The van der Waals surface area contributed by atoms with Crippen molar-refractivity contribution < 1.29 is 16.8 Å². The standard InChI is InChI=1S/C18H21ClN2O4S2/c1-13-12-18(14(2)11-17(13)19)26(22,23)20-15-5-7-16(8-6-15)27(24,25)21-9-3-4-10-21/h5-8,11-12,20H,3-4,9-10H2,1-2H3. The molecule has 9 heteroatoms. The first-order chi connectivity index (χ1) is 12.6. The summed E-state index contributed by atoms with van der Waals surface area (Å²) in [5, 5.41) is 0.503. The summed E-state index contributed by atoms with van der Waals surface area (Å²) in [6, 6.07) is 8.89. The average molecular weight is 429 g/mol. The van der Waals surface area contributed by atoms with Crippen LogP contribution in [-0.2, 0) is 20.0 Å². The van der Waals surface area contributed by atoms with Crippen LogP contribution < -0.4 is 4.72 Å². The number of benzene rings is 2. The third-order valence-electron chi connectivity index (χ3n) is 4.56. The van der Waals surface area contributed by atoms with Crippen LogP contribution in [0.15, 0.2) is 46.2 Å². The Hall–Kier alpha value is -1.61. The zero-order valence-corrected chi connectivity index (χ0v) is 17.5. The van der Waals surface area contributed by atoms with Crippen LogP contribution in [0, 0.1) is 13.8 Å². The highest BCUT2D eigenvalue weighted by Gasteiger charge is 2.27. The average Bonchev–Trinajstić information content (AvgIpc) is 3.13. The van der Waals surface area contributed by atoms with E-state index in [1.807, 2.05) is 0 Å². The van der Waals surface area contributed by atoms with Gasteiger partial charge in [-0.25, -0.2) is 16.8 Å². The van der Waals surface area contributed by atoms with Gasteiger partial charge in [0.25, 0.3) is 10.0 Å². The Morgan fingerprint density at radius 1 is 0.926 bits per heavy atom. The van der Waals surface area contributed by atoms with E-state index in [0.717, 1.165) is 12.8 Å². The zero-order valence-electron chi connectivity index (χ0n) is 15.1.